The molecule has 0 nitrogen and oxygen atoms in total. The molecule has 0 aliphatic rings. The quantitative estimate of drug-likeness (QED) is 0.307. The molecule has 0 atom stereocenters. The molecule has 1 aromatic carbocycles. The molecule has 0 heterocycles. The van der Waals surface area contributed by atoms with E-state index in [9.17, 15) is 0 Å². The molecule has 0 aromatic heterocycles. The van der Waals surface area contributed by atoms with Crippen LogP contribution in [0.2, 0.25) is 0 Å². The van der Waals surface area contributed by atoms with E-state index in [0.29, 0.717) is 0 Å². The molecular formula is C23H40. The van der Waals surface area contributed by atoms with Crippen molar-refractivity contribution < 1.29 is 0 Å². The maximum Gasteiger partial charge on any atom is -0.0276 e. The van der Waals surface area contributed by atoms with Crippen LogP contribution in [0.15, 0.2) is 18.2 Å². The van der Waals surface area contributed by atoms with Crippen molar-refractivity contribution in [2.24, 2.45) is 0 Å². The van der Waals surface area contributed by atoms with Gasteiger partial charge in [-0.3, -0.25) is 0 Å². The molecule has 0 amide bonds. The van der Waals surface area contributed by atoms with Crippen molar-refractivity contribution in [1.29, 1.82) is 0 Å². The van der Waals surface area contributed by atoms with Crippen molar-refractivity contribution >= 4 is 0 Å². The molecule has 1 rings (SSSR count). The standard InChI is InChI=1S/C23H40/c1-4-6-8-10-12-14-17-22-19-16-20-23(21(22)3)18-15-13-11-9-7-5-2/h16,19-20H,4-15,17-18H2,1-3H3. The summed E-state index contributed by atoms with van der Waals surface area (Å²) in [4.78, 5) is 0. The predicted octanol–water partition coefficient (Wildman–Crippen LogP) is 7.80. The lowest BCUT2D eigenvalue weighted by Crippen LogP contribution is -1.97. The van der Waals surface area contributed by atoms with E-state index in [1.165, 1.54) is 89.9 Å². The van der Waals surface area contributed by atoms with Gasteiger partial charge >= 0.3 is 0 Å². The van der Waals surface area contributed by atoms with E-state index in [2.05, 4.69) is 39.0 Å². The summed E-state index contributed by atoms with van der Waals surface area (Å²) in [5, 5.41) is 0. The topological polar surface area (TPSA) is 0 Å². The van der Waals surface area contributed by atoms with Gasteiger partial charge in [0.2, 0.25) is 0 Å². The summed E-state index contributed by atoms with van der Waals surface area (Å²) in [6, 6.07) is 6.99. The van der Waals surface area contributed by atoms with E-state index in [4.69, 9.17) is 0 Å². The summed E-state index contributed by atoms with van der Waals surface area (Å²) in [5.41, 5.74) is 4.78. The van der Waals surface area contributed by atoms with Gasteiger partial charge in [0.1, 0.15) is 0 Å². The van der Waals surface area contributed by atoms with Gasteiger partial charge in [0.25, 0.3) is 0 Å². The Balaban J connectivity index is 2.27. The molecule has 0 aliphatic heterocycles. The lowest BCUT2D eigenvalue weighted by Gasteiger charge is -2.11. The van der Waals surface area contributed by atoms with Gasteiger partial charge in [-0.1, -0.05) is 96.3 Å². The molecule has 0 unspecified atom stereocenters. The molecule has 0 radical (unpaired) electrons. The van der Waals surface area contributed by atoms with Crippen LogP contribution < -0.4 is 0 Å². The average molecular weight is 317 g/mol. The summed E-state index contributed by atoms with van der Waals surface area (Å²) < 4.78 is 0. The zero-order valence-corrected chi connectivity index (χ0v) is 16.1. The Hall–Kier alpha value is -0.780. The third kappa shape index (κ3) is 9.18. The minimum atomic E-state index is 1.28. The fourth-order valence-electron chi connectivity index (χ4n) is 3.47. The summed E-state index contributed by atoms with van der Waals surface area (Å²) in [6.07, 6.45) is 19.3. The smallest absolute Gasteiger partial charge is 0.0276 e. The highest BCUT2D eigenvalue weighted by Crippen LogP contribution is 2.19. The molecule has 1 aromatic rings. The number of benzene rings is 1. The van der Waals surface area contributed by atoms with Crippen LogP contribution in [-0.4, -0.2) is 0 Å². The van der Waals surface area contributed by atoms with Crippen molar-refractivity contribution in [3.05, 3.63) is 34.9 Å². The Labute approximate surface area is 146 Å². The highest BCUT2D eigenvalue weighted by molar-refractivity contribution is 5.34. The van der Waals surface area contributed by atoms with E-state index >= 15 is 0 Å². The van der Waals surface area contributed by atoms with Crippen molar-refractivity contribution in [2.45, 2.75) is 111 Å². The van der Waals surface area contributed by atoms with E-state index in [1.807, 2.05) is 0 Å². The van der Waals surface area contributed by atoms with E-state index < -0.39 is 0 Å². The predicted molar refractivity (Wildman–Crippen MR) is 105 cm³/mol. The SMILES string of the molecule is CCCCCCCCc1cccc(CCCCCCCC)c1C. The van der Waals surface area contributed by atoms with Crippen LogP contribution in [0.5, 0.6) is 0 Å². The third-order valence-corrected chi connectivity index (χ3v) is 5.16. The second kappa shape index (κ2) is 13.6. The summed E-state index contributed by atoms with van der Waals surface area (Å²) >= 11 is 0. The molecule has 0 fully saturated rings. The van der Waals surface area contributed by atoms with Crippen LogP contribution >= 0.6 is 0 Å². The monoisotopic (exact) mass is 316 g/mol. The number of aryl methyl sites for hydroxylation is 2. The lowest BCUT2D eigenvalue weighted by molar-refractivity contribution is 0.603. The van der Waals surface area contributed by atoms with Crippen LogP contribution in [0, 0.1) is 6.92 Å². The Bertz CT molecular complexity index is 357. The largest absolute Gasteiger partial charge is 0.0654 e. The van der Waals surface area contributed by atoms with Crippen molar-refractivity contribution in [3.8, 4) is 0 Å². The Morgan fingerprint density at radius 1 is 0.565 bits per heavy atom. The number of hydrogen-bond donors (Lipinski definition) is 0. The fraction of sp³-hybridized carbons (Fsp3) is 0.739. The maximum atomic E-state index is 2.35. The first kappa shape index (κ1) is 20.3. The molecule has 0 saturated carbocycles. The summed E-state index contributed by atoms with van der Waals surface area (Å²) in [6.45, 7) is 6.93. The summed E-state index contributed by atoms with van der Waals surface area (Å²) in [7, 11) is 0. The minimum absolute atomic E-state index is 1.28. The normalized spacial score (nSPS) is 11.1. The fourth-order valence-corrected chi connectivity index (χ4v) is 3.47. The van der Waals surface area contributed by atoms with Gasteiger partial charge in [-0.2, -0.15) is 0 Å². The Morgan fingerprint density at radius 2 is 0.957 bits per heavy atom. The molecule has 0 spiro atoms. The first-order chi connectivity index (χ1) is 11.3. The molecule has 0 heteroatoms. The minimum Gasteiger partial charge on any atom is -0.0654 e. The van der Waals surface area contributed by atoms with Gasteiger partial charge in [0, 0.05) is 0 Å². The molecule has 0 N–H and O–H groups in total. The van der Waals surface area contributed by atoms with E-state index in [-0.39, 0.29) is 0 Å². The van der Waals surface area contributed by atoms with Gasteiger partial charge in [0.05, 0.1) is 0 Å². The molecule has 0 aliphatic carbocycles. The lowest BCUT2D eigenvalue weighted by atomic mass is 9.94. The van der Waals surface area contributed by atoms with Crippen molar-refractivity contribution in [3.63, 3.8) is 0 Å². The second-order valence-electron chi connectivity index (χ2n) is 7.24. The third-order valence-electron chi connectivity index (χ3n) is 5.16. The molecular weight excluding hydrogens is 276 g/mol. The zero-order valence-electron chi connectivity index (χ0n) is 16.1. The summed E-state index contributed by atoms with van der Waals surface area (Å²) in [5.74, 6) is 0. The van der Waals surface area contributed by atoms with Crippen LogP contribution in [0.4, 0.5) is 0 Å². The van der Waals surface area contributed by atoms with Gasteiger partial charge in [-0.25, -0.2) is 0 Å². The van der Waals surface area contributed by atoms with Crippen molar-refractivity contribution in [2.75, 3.05) is 0 Å². The van der Waals surface area contributed by atoms with Crippen LogP contribution in [-0.2, 0) is 12.8 Å². The maximum absolute atomic E-state index is 2.35. The average Bonchev–Trinajstić information content (AvgIpc) is 2.56. The first-order valence-corrected chi connectivity index (χ1v) is 10.4. The van der Waals surface area contributed by atoms with Gasteiger partial charge in [-0.15, -0.1) is 0 Å². The highest BCUT2D eigenvalue weighted by Gasteiger charge is 2.04. The second-order valence-corrected chi connectivity index (χ2v) is 7.24. The molecule has 0 saturated heterocycles. The number of hydrogen-bond acceptors (Lipinski definition) is 0. The molecule has 23 heavy (non-hydrogen) atoms. The Kier molecular flexibility index (Phi) is 12.0. The Morgan fingerprint density at radius 3 is 1.39 bits per heavy atom. The van der Waals surface area contributed by atoms with Gasteiger partial charge < -0.3 is 0 Å². The van der Waals surface area contributed by atoms with E-state index in [1.54, 1.807) is 16.7 Å². The van der Waals surface area contributed by atoms with Crippen LogP contribution in [0.3, 0.4) is 0 Å². The number of unbranched alkanes of at least 4 members (excludes halogenated alkanes) is 10. The van der Waals surface area contributed by atoms with Crippen LogP contribution in [0.1, 0.15) is 108 Å². The van der Waals surface area contributed by atoms with Gasteiger partial charge in [-0.05, 0) is 49.3 Å². The molecule has 132 valence electrons. The zero-order chi connectivity index (χ0) is 16.8. The molecule has 0 bridgehead atoms. The van der Waals surface area contributed by atoms with Crippen molar-refractivity contribution in [1.82, 2.24) is 0 Å². The first-order valence-electron chi connectivity index (χ1n) is 10.4. The highest BCUT2D eigenvalue weighted by atomic mass is 14.1. The van der Waals surface area contributed by atoms with Gasteiger partial charge in [0.15, 0.2) is 0 Å². The number of rotatable bonds is 14. The van der Waals surface area contributed by atoms with Crippen LogP contribution in [0.25, 0.3) is 0 Å². The van der Waals surface area contributed by atoms with E-state index in [0.717, 1.165) is 0 Å².